The highest BCUT2D eigenvalue weighted by Gasteiger charge is 2.26. The highest BCUT2D eigenvalue weighted by atomic mass is 32.2. The number of aromatic nitrogens is 2. The number of nitrogen functional groups attached to an aromatic ring is 1. The quantitative estimate of drug-likeness (QED) is 0.832. The summed E-state index contributed by atoms with van der Waals surface area (Å²) in [7, 11) is -3.16. The van der Waals surface area contributed by atoms with Crippen molar-refractivity contribution in [1.29, 1.82) is 0 Å². The van der Waals surface area contributed by atoms with Crippen molar-refractivity contribution in [1.82, 2.24) is 14.3 Å². The summed E-state index contributed by atoms with van der Waals surface area (Å²) in [5.41, 5.74) is 7.22. The van der Waals surface area contributed by atoms with Gasteiger partial charge in [-0.2, -0.15) is 4.31 Å². The Hall–Kier alpha value is -1.21. The molecule has 0 unspecified atom stereocenters. The van der Waals surface area contributed by atoms with E-state index in [0.717, 1.165) is 11.3 Å². The molecule has 0 radical (unpaired) electrons. The van der Waals surface area contributed by atoms with Crippen LogP contribution in [0.3, 0.4) is 0 Å². The number of hydrogen-bond acceptors (Lipinski definition) is 5. The summed E-state index contributed by atoms with van der Waals surface area (Å²) in [6.45, 7) is 2.67. The van der Waals surface area contributed by atoms with E-state index in [1.807, 2.05) is 6.92 Å². The van der Waals surface area contributed by atoms with Crippen LogP contribution in [0.4, 0.5) is 5.95 Å². The monoisotopic (exact) mass is 256 g/mol. The number of fused-ring (bicyclic) bond motifs is 1. The van der Waals surface area contributed by atoms with Crippen LogP contribution in [0.1, 0.15) is 24.6 Å². The Bertz CT molecular complexity index is 515. The van der Waals surface area contributed by atoms with Crippen LogP contribution in [0.5, 0.6) is 0 Å². The van der Waals surface area contributed by atoms with Crippen molar-refractivity contribution < 1.29 is 8.42 Å². The molecular formula is C10H16N4O2S. The highest BCUT2D eigenvalue weighted by molar-refractivity contribution is 7.89. The minimum absolute atomic E-state index is 0.183. The molecule has 2 rings (SSSR count). The normalized spacial score (nSPS) is 16.8. The van der Waals surface area contributed by atoms with E-state index in [9.17, 15) is 8.42 Å². The Labute approximate surface area is 101 Å². The fourth-order valence-corrected chi connectivity index (χ4v) is 3.38. The van der Waals surface area contributed by atoms with Gasteiger partial charge in [-0.05, 0) is 18.4 Å². The lowest BCUT2D eigenvalue weighted by Crippen LogP contribution is -2.38. The Morgan fingerprint density at radius 3 is 3.00 bits per heavy atom. The van der Waals surface area contributed by atoms with Crippen LogP contribution in [0.25, 0.3) is 0 Å². The molecule has 6 nitrogen and oxygen atoms in total. The summed E-state index contributed by atoms with van der Waals surface area (Å²) in [5, 5.41) is 0. The number of sulfonamides is 1. The first kappa shape index (κ1) is 12.3. The predicted molar refractivity (Wildman–Crippen MR) is 64.6 cm³/mol. The molecule has 94 valence electrons. The van der Waals surface area contributed by atoms with Crippen molar-refractivity contribution in [3.63, 3.8) is 0 Å². The van der Waals surface area contributed by atoms with E-state index in [4.69, 9.17) is 5.73 Å². The highest BCUT2D eigenvalue weighted by Crippen LogP contribution is 2.19. The molecule has 7 heteroatoms. The van der Waals surface area contributed by atoms with E-state index < -0.39 is 10.0 Å². The Kier molecular flexibility index (Phi) is 3.30. The number of nitrogens with two attached hydrogens (primary N) is 1. The molecule has 2 heterocycles. The molecule has 0 aliphatic carbocycles. The maximum absolute atomic E-state index is 11.9. The summed E-state index contributed by atoms with van der Waals surface area (Å²) < 4.78 is 25.3. The summed E-state index contributed by atoms with van der Waals surface area (Å²) >= 11 is 0. The standard InChI is InChI=1S/C10H16N4O2S/c1-2-5-17(15,16)14-4-3-8-6-12-10(11)13-9(8)7-14/h6H,2-5,7H2,1H3,(H2,11,12,13). The minimum atomic E-state index is -3.16. The van der Waals surface area contributed by atoms with E-state index in [0.29, 0.717) is 25.9 Å². The number of anilines is 1. The first-order valence-corrected chi connectivity index (χ1v) is 7.22. The Morgan fingerprint density at radius 1 is 1.53 bits per heavy atom. The van der Waals surface area contributed by atoms with Crippen molar-refractivity contribution in [2.24, 2.45) is 0 Å². The zero-order valence-electron chi connectivity index (χ0n) is 9.76. The van der Waals surface area contributed by atoms with Crippen LogP contribution in [0, 0.1) is 0 Å². The van der Waals surface area contributed by atoms with E-state index in [1.165, 1.54) is 4.31 Å². The van der Waals surface area contributed by atoms with Crippen molar-refractivity contribution in [2.45, 2.75) is 26.3 Å². The van der Waals surface area contributed by atoms with Gasteiger partial charge in [0.1, 0.15) is 0 Å². The Balaban J connectivity index is 2.24. The molecule has 0 saturated carbocycles. The van der Waals surface area contributed by atoms with Gasteiger partial charge in [0.25, 0.3) is 0 Å². The SMILES string of the molecule is CCCS(=O)(=O)N1CCc2cnc(N)nc2C1. The summed E-state index contributed by atoms with van der Waals surface area (Å²) in [5.74, 6) is 0.376. The molecule has 2 N–H and O–H groups in total. The molecular weight excluding hydrogens is 240 g/mol. The zero-order valence-corrected chi connectivity index (χ0v) is 10.6. The van der Waals surface area contributed by atoms with E-state index in [1.54, 1.807) is 6.20 Å². The fraction of sp³-hybridized carbons (Fsp3) is 0.600. The second-order valence-electron chi connectivity index (χ2n) is 4.10. The zero-order chi connectivity index (χ0) is 12.5. The van der Waals surface area contributed by atoms with Gasteiger partial charge in [-0.3, -0.25) is 0 Å². The fourth-order valence-electron chi connectivity index (χ4n) is 1.92. The van der Waals surface area contributed by atoms with Crippen molar-refractivity contribution in [2.75, 3.05) is 18.0 Å². The maximum Gasteiger partial charge on any atom is 0.220 e. The molecule has 0 amide bonds. The van der Waals surface area contributed by atoms with Crippen molar-refractivity contribution in [3.8, 4) is 0 Å². The lowest BCUT2D eigenvalue weighted by atomic mass is 10.1. The second-order valence-corrected chi connectivity index (χ2v) is 6.19. The summed E-state index contributed by atoms with van der Waals surface area (Å²) in [6.07, 6.45) is 2.96. The van der Waals surface area contributed by atoms with Gasteiger partial charge in [0.2, 0.25) is 16.0 Å². The van der Waals surface area contributed by atoms with Crippen LogP contribution < -0.4 is 5.73 Å². The topological polar surface area (TPSA) is 89.2 Å². The first-order valence-electron chi connectivity index (χ1n) is 5.61. The molecule has 0 saturated heterocycles. The molecule has 1 aromatic heterocycles. The Morgan fingerprint density at radius 2 is 2.29 bits per heavy atom. The number of rotatable bonds is 3. The van der Waals surface area contributed by atoms with E-state index >= 15 is 0 Å². The molecule has 17 heavy (non-hydrogen) atoms. The van der Waals surface area contributed by atoms with Gasteiger partial charge >= 0.3 is 0 Å². The van der Waals surface area contributed by atoms with Gasteiger partial charge in [-0.1, -0.05) is 6.92 Å². The molecule has 0 fully saturated rings. The van der Waals surface area contributed by atoms with Crippen LogP contribution in [0.2, 0.25) is 0 Å². The summed E-state index contributed by atoms with van der Waals surface area (Å²) in [4.78, 5) is 8.01. The van der Waals surface area contributed by atoms with Crippen molar-refractivity contribution in [3.05, 3.63) is 17.5 Å². The van der Waals surface area contributed by atoms with Gasteiger partial charge in [-0.25, -0.2) is 18.4 Å². The molecule has 1 aromatic rings. The number of nitrogens with zero attached hydrogens (tertiary/aromatic N) is 3. The van der Waals surface area contributed by atoms with Crippen LogP contribution in [-0.2, 0) is 23.0 Å². The second kappa shape index (κ2) is 4.58. The molecule has 0 atom stereocenters. The lowest BCUT2D eigenvalue weighted by Gasteiger charge is -2.26. The average molecular weight is 256 g/mol. The molecule has 0 bridgehead atoms. The van der Waals surface area contributed by atoms with Crippen LogP contribution >= 0.6 is 0 Å². The van der Waals surface area contributed by atoms with Gasteiger partial charge in [0.05, 0.1) is 18.0 Å². The minimum Gasteiger partial charge on any atom is -0.368 e. The predicted octanol–water partition coefficient (Wildman–Crippen LogP) is 0.157. The van der Waals surface area contributed by atoms with Gasteiger partial charge < -0.3 is 5.73 Å². The van der Waals surface area contributed by atoms with E-state index in [2.05, 4.69) is 9.97 Å². The maximum atomic E-state index is 11.9. The molecule has 0 spiro atoms. The third-order valence-corrected chi connectivity index (χ3v) is 4.81. The van der Waals surface area contributed by atoms with Gasteiger partial charge in [0.15, 0.2) is 0 Å². The first-order chi connectivity index (χ1) is 8.03. The molecule has 0 aromatic carbocycles. The van der Waals surface area contributed by atoms with Gasteiger partial charge in [-0.15, -0.1) is 0 Å². The smallest absolute Gasteiger partial charge is 0.220 e. The molecule has 1 aliphatic heterocycles. The third kappa shape index (κ3) is 2.55. The van der Waals surface area contributed by atoms with E-state index in [-0.39, 0.29) is 11.7 Å². The van der Waals surface area contributed by atoms with Crippen molar-refractivity contribution >= 4 is 16.0 Å². The lowest BCUT2D eigenvalue weighted by molar-refractivity contribution is 0.384. The van der Waals surface area contributed by atoms with Gasteiger partial charge in [0, 0.05) is 12.7 Å². The third-order valence-electron chi connectivity index (χ3n) is 2.78. The molecule has 1 aliphatic rings. The number of hydrogen-bond donors (Lipinski definition) is 1. The summed E-state index contributed by atoms with van der Waals surface area (Å²) in [6, 6.07) is 0. The van der Waals surface area contributed by atoms with Crippen LogP contribution in [0.15, 0.2) is 6.20 Å². The largest absolute Gasteiger partial charge is 0.368 e. The average Bonchev–Trinajstić information content (AvgIpc) is 2.28. The van der Waals surface area contributed by atoms with Crippen LogP contribution in [-0.4, -0.2) is 35.0 Å².